The molecule has 0 unspecified atom stereocenters. The average Bonchev–Trinajstić information content (AvgIpc) is 3.16. The molecule has 0 amide bonds. The molecule has 0 bridgehead atoms. The lowest BCUT2D eigenvalue weighted by atomic mass is 10.1. The van der Waals surface area contributed by atoms with Crippen LogP contribution in [0, 0.1) is 0 Å². The number of hydrogen-bond acceptors (Lipinski definition) is 5. The lowest BCUT2D eigenvalue weighted by molar-refractivity contribution is 0.198. The van der Waals surface area contributed by atoms with E-state index >= 15 is 0 Å². The lowest BCUT2D eigenvalue weighted by Gasteiger charge is -2.08. The first-order chi connectivity index (χ1) is 10.2. The fourth-order valence-corrected chi connectivity index (χ4v) is 2.56. The molecule has 0 spiro atoms. The van der Waals surface area contributed by atoms with Crippen molar-refractivity contribution in [2.45, 2.75) is 19.6 Å². The molecule has 3 rings (SSSR count). The Labute approximate surface area is 126 Å². The lowest BCUT2D eigenvalue weighted by Crippen LogP contribution is -1.97. The largest absolute Gasteiger partial charge is 0.487 e. The highest BCUT2D eigenvalue weighted by atomic mass is 32.1. The van der Waals surface area contributed by atoms with E-state index in [1.165, 1.54) is 0 Å². The molecule has 3 aromatic rings. The van der Waals surface area contributed by atoms with Gasteiger partial charge in [-0.2, -0.15) is 0 Å². The Morgan fingerprint density at radius 2 is 2.24 bits per heavy atom. The summed E-state index contributed by atoms with van der Waals surface area (Å²) in [6, 6.07) is 11.3. The second-order valence-electron chi connectivity index (χ2n) is 4.66. The number of rotatable bonds is 5. The Kier molecular flexibility index (Phi) is 4.03. The minimum Gasteiger partial charge on any atom is -0.487 e. The molecule has 0 radical (unpaired) electrons. The Morgan fingerprint density at radius 1 is 1.33 bits per heavy atom. The maximum absolute atomic E-state index is 9.56. The smallest absolute Gasteiger partial charge is 0.236 e. The number of aliphatic hydroxyl groups is 1. The molecule has 1 N–H and O–H groups in total. The second kappa shape index (κ2) is 6.11. The van der Waals surface area contributed by atoms with Crippen LogP contribution in [0.25, 0.3) is 10.8 Å². The van der Waals surface area contributed by atoms with Crippen molar-refractivity contribution < 1.29 is 14.3 Å². The summed E-state index contributed by atoms with van der Waals surface area (Å²) in [6.07, 6.45) is 1.10. The topological polar surface area (TPSA) is 55.5 Å². The fraction of sp³-hybridized carbons (Fsp3) is 0.188. The van der Waals surface area contributed by atoms with Crippen LogP contribution in [0.5, 0.6) is 5.75 Å². The van der Waals surface area contributed by atoms with E-state index in [0.717, 1.165) is 16.1 Å². The van der Waals surface area contributed by atoms with Crippen molar-refractivity contribution >= 4 is 11.3 Å². The molecule has 108 valence electrons. The van der Waals surface area contributed by atoms with Gasteiger partial charge < -0.3 is 14.3 Å². The summed E-state index contributed by atoms with van der Waals surface area (Å²) in [6.45, 7) is 2.06. The van der Waals surface area contributed by atoms with Gasteiger partial charge in [-0.05, 0) is 36.1 Å². The molecule has 0 aliphatic heterocycles. The molecule has 0 saturated heterocycles. The molecular formula is C16H15NO3S. The van der Waals surface area contributed by atoms with Crippen LogP contribution in [0.2, 0.25) is 0 Å². The summed E-state index contributed by atoms with van der Waals surface area (Å²) in [5.41, 5.74) is 1.56. The van der Waals surface area contributed by atoms with E-state index in [0.29, 0.717) is 18.2 Å². The van der Waals surface area contributed by atoms with Crippen molar-refractivity contribution in [2.75, 3.05) is 0 Å². The van der Waals surface area contributed by atoms with Crippen molar-refractivity contribution in [3.63, 3.8) is 0 Å². The summed E-state index contributed by atoms with van der Waals surface area (Å²) < 4.78 is 11.1. The first-order valence-electron chi connectivity index (χ1n) is 6.61. The van der Waals surface area contributed by atoms with Gasteiger partial charge in [-0.3, -0.25) is 0 Å². The van der Waals surface area contributed by atoms with E-state index in [2.05, 4.69) is 4.98 Å². The minimum absolute atomic E-state index is 0.331. The SMILES string of the molecule is C[C@@H](O)c1cccc(OCc2coc(-c3cccs3)n2)c1. The monoisotopic (exact) mass is 301 g/mol. The third-order valence-electron chi connectivity index (χ3n) is 3.01. The number of aliphatic hydroxyl groups excluding tert-OH is 1. The molecule has 0 saturated carbocycles. The van der Waals surface area contributed by atoms with E-state index < -0.39 is 6.10 Å². The zero-order valence-electron chi connectivity index (χ0n) is 11.5. The number of nitrogens with zero attached hydrogens (tertiary/aromatic N) is 1. The predicted molar refractivity (Wildman–Crippen MR) is 81.2 cm³/mol. The highest BCUT2D eigenvalue weighted by molar-refractivity contribution is 7.13. The number of ether oxygens (including phenoxy) is 1. The van der Waals surface area contributed by atoms with E-state index in [-0.39, 0.29) is 0 Å². The first-order valence-corrected chi connectivity index (χ1v) is 7.49. The highest BCUT2D eigenvalue weighted by Crippen LogP contribution is 2.24. The summed E-state index contributed by atoms with van der Waals surface area (Å²) >= 11 is 1.58. The Hall–Kier alpha value is -2.11. The summed E-state index contributed by atoms with van der Waals surface area (Å²) in [5, 5.41) is 11.5. The molecule has 1 atom stereocenters. The van der Waals surface area contributed by atoms with Crippen molar-refractivity contribution in [3.8, 4) is 16.5 Å². The van der Waals surface area contributed by atoms with Gasteiger partial charge in [0.15, 0.2) is 0 Å². The number of benzene rings is 1. The molecule has 1 aromatic carbocycles. The number of hydrogen-bond donors (Lipinski definition) is 1. The molecule has 2 heterocycles. The van der Waals surface area contributed by atoms with Crippen molar-refractivity contribution in [3.05, 3.63) is 59.3 Å². The second-order valence-corrected chi connectivity index (χ2v) is 5.61. The molecule has 0 aliphatic carbocycles. The van der Waals surface area contributed by atoms with E-state index in [4.69, 9.17) is 9.15 Å². The van der Waals surface area contributed by atoms with Crippen LogP contribution >= 0.6 is 11.3 Å². The van der Waals surface area contributed by atoms with Gasteiger partial charge in [0.25, 0.3) is 0 Å². The quantitative estimate of drug-likeness (QED) is 0.773. The van der Waals surface area contributed by atoms with Crippen LogP contribution < -0.4 is 4.74 Å². The van der Waals surface area contributed by atoms with Crippen LogP contribution in [0.1, 0.15) is 24.3 Å². The van der Waals surface area contributed by atoms with Crippen LogP contribution in [0.3, 0.4) is 0 Å². The summed E-state index contributed by atoms with van der Waals surface area (Å²) in [4.78, 5) is 5.39. The van der Waals surface area contributed by atoms with Gasteiger partial charge in [0, 0.05) is 0 Å². The van der Waals surface area contributed by atoms with Crippen LogP contribution in [0.4, 0.5) is 0 Å². The van der Waals surface area contributed by atoms with E-state index in [1.54, 1.807) is 24.5 Å². The maximum Gasteiger partial charge on any atom is 0.236 e. The van der Waals surface area contributed by atoms with Gasteiger partial charge in [0.1, 0.15) is 24.3 Å². The fourth-order valence-electron chi connectivity index (χ4n) is 1.91. The van der Waals surface area contributed by atoms with Crippen LogP contribution in [0.15, 0.2) is 52.5 Å². The standard InChI is InChI=1S/C16H15NO3S/c1-11(18)12-4-2-5-14(8-12)19-9-13-10-20-16(17-13)15-6-3-7-21-15/h2-8,10-11,18H,9H2,1H3/t11-/m1/s1. The van der Waals surface area contributed by atoms with Crippen LogP contribution in [-0.2, 0) is 6.61 Å². The molecule has 4 nitrogen and oxygen atoms in total. The van der Waals surface area contributed by atoms with E-state index in [9.17, 15) is 5.11 Å². The Bertz CT molecular complexity index is 704. The average molecular weight is 301 g/mol. The van der Waals surface area contributed by atoms with E-state index in [1.807, 2.05) is 41.8 Å². The Balaban J connectivity index is 1.67. The van der Waals surface area contributed by atoms with Gasteiger partial charge in [-0.25, -0.2) is 4.98 Å². The summed E-state index contributed by atoms with van der Waals surface area (Å²) in [5.74, 6) is 1.32. The van der Waals surface area contributed by atoms with Crippen molar-refractivity contribution in [2.24, 2.45) is 0 Å². The first kappa shape index (κ1) is 13.9. The normalized spacial score (nSPS) is 12.3. The van der Waals surface area contributed by atoms with Gasteiger partial charge in [-0.1, -0.05) is 18.2 Å². The Morgan fingerprint density at radius 3 is 3.00 bits per heavy atom. The molecule has 0 aliphatic rings. The van der Waals surface area contributed by atoms with Crippen molar-refractivity contribution in [1.29, 1.82) is 0 Å². The zero-order valence-corrected chi connectivity index (χ0v) is 12.3. The number of thiophene rings is 1. The summed E-state index contributed by atoms with van der Waals surface area (Å²) in [7, 11) is 0. The highest BCUT2D eigenvalue weighted by Gasteiger charge is 2.08. The molecule has 21 heavy (non-hydrogen) atoms. The molecule has 0 fully saturated rings. The van der Waals surface area contributed by atoms with Crippen LogP contribution in [-0.4, -0.2) is 10.1 Å². The third kappa shape index (κ3) is 3.32. The molecular weight excluding hydrogens is 286 g/mol. The van der Waals surface area contributed by atoms with Gasteiger partial charge >= 0.3 is 0 Å². The van der Waals surface area contributed by atoms with Gasteiger partial charge in [-0.15, -0.1) is 11.3 Å². The predicted octanol–water partition coefficient (Wildman–Crippen LogP) is 4.04. The van der Waals surface area contributed by atoms with Crippen molar-refractivity contribution in [1.82, 2.24) is 4.98 Å². The number of oxazole rings is 1. The minimum atomic E-state index is -0.508. The third-order valence-corrected chi connectivity index (χ3v) is 3.87. The molecule has 2 aromatic heterocycles. The van der Waals surface area contributed by atoms with Gasteiger partial charge in [0.2, 0.25) is 5.89 Å². The van der Waals surface area contributed by atoms with Gasteiger partial charge in [0.05, 0.1) is 11.0 Å². The zero-order chi connectivity index (χ0) is 14.7. The number of aromatic nitrogens is 1. The maximum atomic E-state index is 9.56. The molecule has 5 heteroatoms.